The van der Waals surface area contributed by atoms with Crippen LogP contribution in [0.15, 0.2) is 78.9 Å². The lowest BCUT2D eigenvalue weighted by molar-refractivity contribution is 0.0726. The van der Waals surface area contributed by atoms with E-state index in [0.717, 1.165) is 36.4 Å². The van der Waals surface area contributed by atoms with E-state index < -0.39 is 5.82 Å². The largest absolute Gasteiger partial charge is 0.489 e. The van der Waals surface area contributed by atoms with Crippen molar-refractivity contribution in [1.82, 2.24) is 9.80 Å². The Morgan fingerprint density at radius 1 is 1.00 bits per heavy atom. The van der Waals surface area contributed by atoms with E-state index in [4.69, 9.17) is 4.74 Å². The van der Waals surface area contributed by atoms with E-state index in [9.17, 15) is 9.18 Å². The fourth-order valence-electron chi connectivity index (χ4n) is 4.66. The minimum absolute atomic E-state index is 0.138. The summed E-state index contributed by atoms with van der Waals surface area (Å²) in [7, 11) is 0. The molecule has 0 N–H and O–H groups in total. The lowest BCUT2D eigenvalue weighted by Crippen LogP contribution is -2.40. The lowest BCUT2D eigenvalue weighted by atomic mass is 10.0. The molecule has 5 heteroatoms. The number of carbonyl (C=O) groups excluding carboxylic acids is 1. The molecule has 1 amide bonds. The van der Waals surface area contributed by atoms with E-state index in [2.05, 4.69) is 11.8 Å². The molecule has 1 aliphatic rings. The molecule has 0 aliphatic carbocycles. The minimum atomic E-state index is -0.391. The molecule has 184 valence electrons. The van der Waals surface area contributed by atoms with Gasteiger partial charge in [0.25, 0.3) is 5.91 Å². The van der Waals surface area contributed by atoms with Gasteiger partial charge in [-0.15, -0.1) is 0 Å². The maximum atomic E-state index is 13.8. The summed E-state index contributed by atoms with van der Waals surface area (Å²) in [6.07, 6.45) is 4.68. The van der Waals surface area contributed by atoms with E-state index in [0.29, 0.717) is 31.3 Å². The van der Waals surface area contributed by atoms with E-state index in [1.807, 2.05) is 59.5 Å². The van der Waals surface area contributed by atoms with Crippen LogP contribution in [0, 0.1) is 5.82 Å². The zero-order valence-electron chi connectivity index (χ0n) is 20.5. The van der Waals surface area contributed by atoms with Gasteiger partial charge < -0.3 is 14.5 Å². The van der Waals surface area contributed by atoms with Crippen LogP contribution in [0.25, 0.3) is 0 Å². The van der Waals surface area contributed by atoms with Crippen LogP contribution in [0.4, 0.5) is 4.39 Å². The lowest BCUT2D eigenvalue weighted by Gasteiger charge is -2.34. The molecule has 35 heavy (non-hydrogen) atoms. The van der Waals surface area contributed by atoms with Gasteiger partial charge in [-0.1, -0.05) is 55.0 Å². The fraction of sp³-hybridized carbons (Fsp3) is 0.367. The van der Waals surface area contributed by atoms with Crippen LogP contribution in [0.1, 0.15) is 54.1 Å². The van der Waals surface area contributed by atoms with Crippen molar-refractivity contribution in [3.05, 3.63) is 101 Å². The quantitative estimate of drug-likeness (QED) is 0.345. The molecule has 1 aliphatic heterocycles. The summed E-state index contributed by atoms with van der Waals surface area (Å²) < 4.78 is 19.7. The van der Waals surface area contributed by atoms with E-state index in [-0.39, 0.29) is 5.91 Å². The number of ether oxygens (including phenoxy) is 1. The highest BCUT2D eigenvalue weighted by Crippen LogP contribution is 2.19. The summed E-state index contributed by atoms with van der Waals surface area (Å²) in [5.41, 5.74) is 2.53. The predicted molar refractivity (Wildman–Crippen MR) is 138 cm³/mol. The van der Waals surface area contributed by atoms with Crippen molar-refractivity contribution in [2.24, 2.45) is 0 Å². The molecule has 4 nitrogen and oxygen atoms in total. The minimum Gasteiger partial charge on any atom is -0.489 e. The van der Waals surface area contributed by atoms with Crippen LogP contribution in [0.2, 0.25) is 0 Å². The van der Waals surface area contributed by atoms with Gasteiger partial charge in [0.05, 0.1) is 0 Å². The summed E-state index contributed by atoms with van der Waals surface area (Å²) in [5, 5.41) is 0. The van der Waals surface area contributed by atoms with Crippen LogP contribution in [-0.4, -0.2) is 41.4 Å². The van der Waals surface area contributed by atoms with Gasteiger partial charge in [0.15, 0.2) is 0 Å². The van der Waals surface area contributed by atoms with Crippen LogP contribution in [0.5, 0.6) is 5.75 Å². The maximum absolute atomic E-state index is 13.8. The number of piperidine rings is 1. The van der Waals surface area contributed by atoms with Crippen LogP contribution < -0.4 is 4.74 Å². The molecule has 1 unspecified atom stereocenters. The number of carbonyl (C=O) groups is 1. The van der Waals surface area contributed by atoms with E-state index >= 15 is 0 Å². The average molecular weight is 475 g/mol. The zero-order chi connectivity index (χ0) is 24.5. The summed E-state index contributed by atoms with van der Waals surface area (Å²) >= 11 is 0. The van der Waals surface area contributed by atoms with Gasteiger partial charge in [-0.2, -0.15) is 0 Å². The molecule has 3 aromatic rings. The first-order valence-corrected chi connectivity index (χ1v) is 12.6. The van der Waals surface area contributed by atoms with Crippen LogP contribution >= 0.6 is 0 Å². The Morgan fingerprint density at radius 2 is 1.80 bits per heavy atom. The van der Waals surface area contributed by atoms with Gasteiger partial charge in [-0.25, -0.2) is 4.39 Å². The first kappa shape index (κ1) is 24.9. The number of rotatable bonds is 10. The fourth-order valence-corrected chi connectivity index (χ4v) is 4.66. The molecule has 0 spiro atoms. The van der Waals surface area contributed by atoms with E-state index in [1.54, 1.807) is 12.1 Å². The first-order chi connectivity index (χ1) is 17.1. The van der Waals surface area contributed by atoms with E-state index in [1.165, 1.54) is 31.4 Å². The third kappa shape index (κ3) is 7.40. The third-order valence-electron chi connectivity index (χ3n) is 6.72. The molecule has 0 bridgehead atoms. The molecule has 1 atom stereocenters. The highest BCUT2D eigenvalue weighted by Gasteiger charge is 2.20. The number of hydrogen-bond donors (Lipinski definition) is 0. The second-order valence-corrected chi connectivity index (χ2v) is 9.39. The molecule has 1 heterocycles. The molecular formula is C30H35FN2O2. The predicted octanol–water partition coefficient (Wildman–Crippen LogP) is 6.31. The van der Waals surface area contributed by atoms with Gasteiger partial charge in [-0.05, 0) is 74.2 Å². The van der Waals surface area contributed by atoms with Crippen molar-refractivity contribution in [3.8, 4) is 5.75 Å². The number of hydrogen-bond acceptors (Lipinski definition) is 3. The molecule has 0 radical (unpaired) electrons. The Hall–Kier alpha value is -3.18. The SMILES string of the molecule is CC1CCCCN1CCCN(Cc1ccc(OCc2ccccc2)cc1)C(=O)c1cccc(F)c1. The summed E-state index contributed by atoms with van der Waals surface area (Å²) in [5.74, 6) is 0.262. The number of halogens is 1. The Labute approximate surface area is 208 Å². The second kappa shape index (κ2) is 12.5. The van der Waals surface area contributed by atoms with Crippen molar-refractivity contribution < 1.29 is 13.9 Å². The standard InChI is InChI=1S/C30H35FN2O2/c1-24-9-5-6-18-32(24)19-8-20-33(30(34)27-12-7-13-28(31)21-27)22-25-14-16-29(17-15-25)35-23-26-10-3-2-4-11-26/h2-4,7,10-17,21,24H,5-6,8-9,18-20,22-23H2,1H3. The molecule has 0 aromatic heterocycles. The van der Waals surface area contributed by atoms with Crippen molar-refractivity contribution in [1.29, 1.82) is 0 Å². The van der Waals surface area contributed by atoms with Gasteiger partial charge in [-0.3, -0.25) is 4.79 Å². The molecule has 0 saturated carbocycles. The third-order valence-corrected chi connectivity index (χ3v) is 6.72. The van der Waals surface area contributed by atoms with Crippen LogP contribution in [-0.2, 0) is 13.2 Å². The summed E-state index contributed by atoms with van der Waals surface area (Å²) in [6, 6.07) is 24.5. The average Bonchev–Trinajstić information content (AvgIpc) is 2.89. The molecule has 1 saturated heterocycles. The summed E-state index contributed by atoms with van der Waals surface area (Å²) in [6.45, 7) is 6.01. The van der Waals surface area contributed by atoms with Gasteiger partial charge in [0, 0.05) is 31.2 Å². The topological polar surface area (TPSA) is 32.8 Å². The van der Waals surface area contributed by atoms with Crippen molar-refractivity contribution >= 4 is 5.91 Å². The van der Waals surface area contributed by atoms with Gasteiger partial charge in [0.2, 0.25) is 0 Å². The number of likely N-dealkylation sites (tertiary alicyclic amines) is 1. The smallest absolute Gasteiger partial charge is 0.254 e. The van der Waals surface area contributed by atoms with Crippen molar-refractivity contribution in [2.75, 3.05) is 19.6 Å². The normalized spacial score (nSPS) is 16.1. The highest BCUT2D eigenvalue weighted by atomic mass is 19.1. The van der Waals surface area contributed by atoms with Gasteiger partial charge >= 0.3 is 0 Å². The van der Waals surface area contributed by atoms with Gasteiger partial charge in [0.1, 0.15) is 18.2 Å². The monoisotopic (exact) mass is 474 g/mol. The Bertz CT molecular complexity index is 1070. The zero-order valence-corrected chi connectivity index (χ0v) is 20.5. The number of benzene rings is 3. The first-order valence-electron chi connectivity index (χ1n) is 12.6. The molecule has 4 rings (SSSR count). The number of amides is 1. The molecular weight excluding hydrogens is 439 g/mol. The van der Waals surface area contributed by atoms with Crippen LogP contribution in [0.3, 0.4) is 0 Å². The summed E-state index contributed by atoms with van der Waals surface area (Å²) in [4.78, 5) is 17.7. The second-order valence-electron chi connectivity index (χ2n) is 9.39. The Balaban J connectivity index is 1.39. The molecule has 3 aromatic carbocycles. The van der Waals surface area contributed by atoms with Crippen molar-refractivity contribution in [2.45, 2.75) is 51.8 Å². The Kier molecular flexibility index (Phi) is 8.90. The highest BCUT2D eigenvalue weighted by molar-refractivity contribution is 5.94. The molecule has 1 fully saturated rings. The maximum Gasteiger partial charge on any atom is 0.254 e. The number of nitrogens with zero attached hydrogens (tertiary/aromatic N) is 2. The Morgan fingerprint density at radius 3 is 2.54 bits per heavy atom. The van der Waals surface area contributed by atoms with Crippen molar-refractivity contribution in [3.63, 3.8) is 0 Å².